The van der Waals surface area contributed by atoms with E-state index in [1.54, 1.807) is 24.3 Å². The van der Waals surface area contributed by atoms with Gasteiger partial charge in [-0.1, -0.05) is 71.8 Å². The highest BCUT2D eigenvalue weighted by Gasteiger charge is 2.28. The normalized spacial score (nSPS) is 15.9. The van der Waals surface area contributed by atoms with E-state index >= 15 is 0 Å². The van der Waals surface area contributed by atoms with Crippen LogP contribution in [0.1, 0.15) is 33.1 Å². The van der Waals surface area contributed by atoms with Crippen LogP contribution in [-0.4, -0.2) is 41.9 Å². The van der Waals surface area contributed by atoms with Gasteiger partial charge in [0.05, 0.1) is 6.04 Å². The van der Waals surface area contributed by atoms with E-state index in [4.69, 9.17) is 11.6 Å². The zero-order chi connectivity index (χ0) is 20.2. The lowest BCUT2D eigenvalue weighted by molar-refractivity contribution is 0.0597. The third kappa shape index (κ3) is 4.52. The second-order valence-corrected chi connectivity index (χ2v) is 8.00. The van der Waals surface area contributed by atoms with Crippen LogP contribution in [0.25, 0.3) is 0 Å². The summed E-state index contributed by atoms with van der Waals surface area (Å²) in [6, 6.07) is 26.8. The number of hydrogen-bond donors (Lipinski definition) is 0. The van der Waals surface area contributed by atoms with E-state index in [1.165, 1.54) is 16.7 Å². The average molecular weight is 405 g/mol. The first-order valence-electron chi connectivity index (χ1n) is 10.0. The predicted molar refractivity (Wildman–Crippen MR) is 118 cm³/mol. The molecule has 1 amide bonds. The SMILES string of the molecule is Cc1ccc(C(c2ccccc2)N2CCN(C(=O)c3ccc(Cl)cc3)CC2)cc1. The summed E-state index contributed by atoms with van der Waals surface area (Å²) in [7, 11) is 0. The van der Waals surface area contributed by atoms with Crippen LogP contribution in [0.5, 0.6) is 0 Å². The molecule has 3 aromatic carbocycles. The zero-order valence-electron chi connectivity index (χ0n) is 16.6. The van der Waals surface area contributed by atoms with E-state index in [1.807, 2.05) is 4.90 Å². The fraction of sp³-hybridized carbons (Fsp3) is 0.240. The van der Waals surface area contributed by atoms with E-state index in [0.29, 0.717) is 10.6 Å². The number of aryl methyl sites for hydroxylation is 1. The Morgan fingerprint density at radius 1 is 0.793 bits per heavy atom. The Kier molecular flexibility index (Phi) is 5.98. The van der Waals surface area contributed by atoms with Gasteiger partial charge in [-0.05, 0) is 42.3 Å². The van der Waals surface area contributed by atoms with Crippen molar-refractivity contribution in [3.63, 3.8) is 0 Å². The van der Waals surface area contributed by atoms with Gasteiger partial charge in [-0.3, -0.25) is 9.69 Å². The van der Waals surface area contributed by atoms with Gasteiger partial charge in [-0.25, -0.2) is 0 Å². The fourth-order valence-electron chi connectivity index (χ4n) is 3.96. The molecule has 3 aromatic rings. The third-order valence-electron chi connectivity index (χ3n) is 5.57. The number of piperazine rings is 1. The lowest BCUT2D eigenvalue weighted by Crippen LogP contribution is -2.49. The molecule has 148 valence electrons. The summed E-state index contributed by atoms with van der Waals surface area (Å²) in [4.78, 5) is 17.2. The molecule has 4 heteroatoms. The van der Waals surface area contributed by atoms with Gasteiger partial charge in [0.2, 0.25) is 0 Å². The smallest absolute Gasteiger partial charge is 0.253 e. The Labute approximate surface area is 177 Å². The van der Waals surface area contributed by atoms with Crippen molar-refractivity contribution in [2.45, 2.75) is 13.0 Å². The maximum atomic E-state index is 12.8. The molecule has 1 aliphatic heterocycles. The summed E-state index contributed by atoms with van der Waals surface area (Å²) in [5, 5.41) is 0.648. The standard InChI is InChI=1S/C25H25ClN2O/c1-19-7-9-21(10-8-19)24(20-5-3-2-4-6-20)27-15-17-28(18-16-27)25(29)22-11-13-23(26)14-12-22/h2-14,24H,15-18H2,1H3. The first-order chi connectivity index (χ1) is 14.1. The van der Waals surface area contributed by atoms with Gasteiger partial charge >= 0.3 is 0 Å². The molecule has 1 unspecified atom stereocenters. The largest absolute Gasteiger partial charge is 0.336 e. The Hall–Kier alpha value is -2.62. The Morgan fingerprint density at radius 3 is 2.00 bits per heavy atom. The summed E-state index contributed by atoms with van der Waals surface area (Å²) < 4.78 is 0. The van der Waals surface area contributed by atoms with Crippen LogP contribution < -0.4 is 0 Å². The van der Waals surface area contributed by atoms with E-state index in [9.17, 15) is 4.79 Å². The molecular weight excluding hydrogens is 380 g/mol. The lowest BCUT2D eigenvalue weighted by Gasteiger charge is -2.40. The average Bonchev–Trinajstić information content (AvgIpc) is 2.77. The number of carbonyl (C=O) groups excluding carboxylic acids is 1. The molecule has 1 atom stereocenters. The van der Waals surface area contributed by atoms with E-state index in [2.05, 4.69) is 66.4 Å². The van der Waals surface area contributed by atoms with Gasteiger partial charge in [0.15, 0.2) is 0 Å². The molecule has 0 aliphatic carbocycles. The molecule has 1 fully saturated rings. The molecule has 0 bridgehead atoms. The number of amides is 1. The second kappa shape index (κ2) is 8.81. The Balaban J connectivity index is 1.51. The molecule has 0 aromatic heterocycles. The summed E-state index contributed by atoms with van der Waals surface area (Å²) in [6.45, 7) is 5.23. The minimum Gasteiger partial charge on any atom is -0.336 e. The quantitative estimate of drug-likeness (QED) is 0.597. The molecular formula is C25H25ClN2O. The highest BCUT2D eigenvalue weighted by atomic mass is 35.5. The summed E-state index contributed by atoms with van der Waals surface area (Å²) in [5.41, 5.74) is 4.54. The van der Waals surface area contributed by atoms with E-state index < -0.39 is 0 Å². The monoisotopic (exact) mass is 404 g/mol. The van der Waals surface area contributed by atoms with Crippen molar-refractivity contribution in [3.05, 3.63) is 106 Å². The predicted octanol–water partition coefficient (Wildman–Crippen LogP) is 5.20. The van der Waals surface area contributed by atoms with Crippen molar-refractivity contribution in [2.24, 2.45) is 0 Å². The Bertz CT molecular complexity index is 946. The van der Waals surface area contributed by atoms with Crippen molar-refractivity contribution in [1.29, 1.82) is 0 Å². The van der Waals surface area contributed by atoms with E-state index in [0.717, 1.165) is 26.2 Å². The maximum Gasteiger partial charge on any atom is 0.253 e. The lowest BCUT2D eigenvalue weighted by atomic mass is 9.95. The van der Waals surface area contributed by atoms with Gasteiger partial charge in [-0.2, -0.15) is 0 Å². The molecule has 0 spiro atoms. The first-order valence-corrected chi connectivity index (χ1v) is 10.4. The molecule has 0 N–H and O–H groups in total. The van der Waals surface area contributed by atoms with Gasteiger partial charge < -0.3 is 4.90 Å². The minimum atomic E-state index is 0.0768. The van der Waals surface area contributed by atoms with Crippen LogP contribution in [0.3, 0.4) is 0 Å². The number of nitrogens with zero attached hydrogens (tertiary/aromatic N) is 2. The number of halogens is 1. The summed E-state index contributed by atoms with van der Waals surface area (Å²) in [5.74, 6) is 0.0768. The van der Waals surface area contributed by atoms with Crippen LogP contribution in [0.2, 0.25) is 5.02 Å². The van der Waals surface area contributed by atoms with Gasteiger partial charge in [0, 0.05) is 36.8 Å². The molecule has 1 saturated heterocycles. The van der Waals surface area contributed by atoms with Gasteiger partial charge in [-0.15, -0.1) is 0 Å². The molecule has 3 nitrogen and oxygen atoms in total. The molecule has 4 rings (SSSR count). The summed E-state index contributed by atoms with van der Waals surface area (Å²) >= 11 is 5.95. The zero-order valence-corrected chi connectivity index (χ0v) is 17.3. The molecule has 0 radical (unpaired) electrons. The van der Waals surface area contributed by atoms with Crippen LogP contribution in [0.4, 0.5) is 0 Å². The van der Waals surface area contributed by atoms with Crippen molar-refractivity contribution in [3.8, 4) is 0 Å². The molecule has 1 aliphatic rings. The first kappa shape index (κ1) is 19.7. The number of rotatable bonds is 4. The van der Waals surface area contributed by atoms with Crippen LogP contribution >= 0.6 is 11.6 Å². The van der Waals surface area contributed by atoms with Gasteiger partial charge in [0.25, 0.3) is 5.91 Å². The number of hydrogen-bond acceptors (Lipinski definition) is 2. The molecule has 0 saturated carbocycles. The number of carbonyl (C=O) groups is 1. The van der Waals surface area contributed by atoms with Crippen LogP contribution in [-0.2, 0) is 0 Å². The minimum absolute atomic E-state index is 0.0768. The third-order valence-corrected chi connectivity index (χ3v) is 5.82. The highest BCUT2D eigenvalue weighted by Crippen LogP contribution is 2.30. The van der Waals surface area contributed by atoms with Crippen molar-refractivity contribution in [2.75, 3.05) is 26.2 Å². The van der Waals surface area contributed by atoms with Crippen molar-refractivity contribution < 1.29 is 4.79 Å². The molecule has 1 heterocycles. The second-order valence-electron chi connectivity index (χ2n) is 7.56. The van der Waals surface area contributed by atoms with Crippen molar-refractivity contribution in [1.82, 2.24) is 9.80 Å². The topological polar surface area (TPSA) is 23.6 Å². The number of benzene rings is 3. The Morgan fingerprint density at radius 2 is 1.38 bits per heavy atom. The maximum absolute atomic E-state index is 12.8. The highest BCUT2D eigenvalue weighted by molar-refractivity contribution is 6.30. The molecule has 29 heavy (non-hydrogen) atoms. The van der Waals surface area contributed by atoms with E-state index in [-0.39, 0.29) is 11.9 Å². The van der Waals surface area contributed by atoms with Crippen molar-refractivity contribution >= 4 is 17.5 Å². The van der Waals surface area contributed by atoms with Crippen LogP contribution in [0.15, 0.2) is 78.9 Å². The fourth-order valence-corrected chi connectivity index (χ4v) is 4.08. The van der Waals surface area contributed by atoms with Crippen LogP contribution in [0, 0.1) is 6.92 Å². The summed E-state index contributed by atoms with van der Waals surface area (Å²) in [6.07, 6.45) is 0. The van der Waals surface area contributed by atoms with Gasteiger partial charge in [0.1, 0.15) is 0 Å².